The summed E-state index contributed by atoms with van der Waals surface area (Å²) in [6.07, 6.45) is 1.98. The molecule has 1 fully saturated rings. The Morgan fingerprint density at radius 3 is 2.80 bits per heavy atom. The number of benzene rings is 1. The monoisotopic (exact) mass is 244 g/mol. The zero-order chi connectivity index (χ0) is 10.8. The molecule has 1 aromatic rings. The minimum Gasteiger partial charge on any atom is -0.484 e. The first-order valence-electron chi connectivity index (χ1n) is 4.78. The van der Waals surface area contributed by atoms with Crippen LogP contribution in [0.5, 0.6) is 5.75 Å². The van der Waals surface area contributed by atoms with Crippen molar-refractivity contribution in [1.29, 1.82) is 0 Å². The average Bonchev–Trinajstić information content (AvgIpc) is 3.03. The largest absolute Gasteiger partial charge is 0.484 e. The van der Waals surface area contributed by atoms with E-state index in [1.54, 1.807) is 18.2 Å². The molecule has 0 unspecified atom stereocenters. The van der Waals surface area contributed by atoms with Crippen molar-refractivity contribution in [3.05, 3.63) is 28.2 Å². The Hall–Kier alpha value is -0.730. The van der Waals surface area contributed by atoms with Crippen LogP contribution in [0.2, 0.25) is 10.0 Å². The van der Waals surface area contributed by atoms with E-state index in [9.17, 15) is 4.79 Å². The molecular weight excluding hydrogens is 235 g/mol. The van der Waals surface area contributed by atoms with Gasteiger partial charge >= 0.3 is 0 Å². The molecule has 1 aliphatic rings. The van der Waals surface area contributed by atoms with Gasteiger partial charge < -0.3 is 4.74 Å². The van der Waals surface area contributed by atoms with E-state index in [0.717, 1.165) is 12.8 Å². The van der Waals surface area contributed by atoms with Gasteiger partial charge in [0.05, 0.1) is 5.02 Å². The van der Waals surface area contributed by atoms with Gasteiger partial charge in [0.25, 0.3) is 0 Å². The van der Waals surface area contributed by atoms with E-state index in [2.05, 4.69) is 0 Å². The quantitative estimate of drug-likeness (QED) is 0.813. The molecule has 4 heteroatoms. The first-order chi connectivity index (χ1) is 7.18. The third-order valence-electron chi connectivity index (χ3n) is 2.32. The summed E-state index contributed by atoms with van der Waals surface area (Å²) in [7, 11) is 0. The smallest absolute Gasteiger partial charge is 0.173 e. The lowest BCUT2D eigenvalue weighted by atomic mass is 10.3. The fourth-order valence-electron chi connectivity index (χ4n) is 1.27. The van der Waals surface area contributed by atoms with E-state index in [1.165, 1.54) is 0 Å². The first kappa shape index (κ1) is 10.8. The Kier molecular flexibility index (Phi) is 3.17. The third kappa shape index (κ3) is 2.64. The van der Waals surface area contributed by atoms with Crippen molar-refractivity contribution >= 4 is 29.0 Å². The summed E-state index contributed by atoms with van der Waals surface area (Å²) < 4.78 is 5.31. The Morgan fingerprint density at radius 2 is 2.13 bits per heavy atom. The second-order valence-corrected chi connectivity index (χ2v) is 4.37. The Bertz CT molecular complexity index is 386. The summed E-state index contributed by atoms with van der Waals surface area (Å²) >= 11 is 11.7. The molecule has 0 N–H and O–H groups in total. The summed E-state index contributed by atoms with van der Waals surface area (Å²) in [5.41, 5.74) is 0. The van der Waals surface area contributed by atoms with E-state index in [0.29, 0.717) is 15.8 Å². The van der Waals surface area contributed by atoms with Gasteiger partial charge in [-0.1, -0.05) is 29.3 Å². The normalized spacial score (nSPS) is 15.1. The zero-order valence-electron chi connectivity index (χ0n) is 8.00. The van der Waals surface area contributed by atoms with E-state index in [1.807, 2.05) is 0 Å². The molecule has 0 radical (unpaired) electrons. The van der Waals surface area contributed by atoms with Gasteiger partial charge in [-0.25, -0.2) is 0 Å². The SMILES string of the molecule is O=C(COc1cccc(Cl)c1Cl)C1CC1. The number of ketones is 1. The van der Waals surface area contributed by atoms with Crippen LogP contribution < -0.4 is 4.74 Å². The van der Waals surface area contributed by atoms with Crippen molar-refractivity contribution in [1.82, 2.24) is 0 Å². The van der Waals surface area contributed by atoms with Gasteiger partial charge in [0, 0.05) is 5.92 Å². The van der Waals surface area contributed by atoms with Crippen molar-refractivity contribution < 1.29 is 9.53 Å². The van der Waals surface area contributed by atoms with Gasteiger partial charge in [-0.3, -0.25) is 4.79 Å². The van der Waals surface area contributed by atoms with Crippen molar-refractivity contribution in [3.8, 4) is 5.75 Å². The van der Waals surface area contributed by atoms with Crippen LogP contribution in [-0.2, 0) is 4.79 Å². The molecule has 80 valence electrons. The van der Waals surface area contributed by atoms with Crippen LogP contribution in [0.4, 0.5) is 0 Å². The molecule has 2 rings (SSSR count). The van der Waals surface area contributed by atoms with Gasteiger partial charge in [-0.15, -0.1) is 0 Å². The molecule has 0 atom stereocenters. The van der Waals surface area contributed by atoms with Crippen molar-refractivity contribution in [2.45, 2.75) is 12.8 Å². The van der Waals surface area contributed by atoms with E-state index >= 15 is 0 Å². The van der Waals surface area contributed by atoms with Gasteiger partial charge in [-0.05, 0) is 25.0 Å². The second-order valence-electron chi connectivity index (χ2n) is 3.58. The molecule has 1 aromatic carbocycles. The number of hydrogen-bond donors (Lipinski definition) is 0. The Morgan fingerprint density at radius 1 is 1.40 bits per heavy atom. The number of ether oxygens (including phenoxy) is 1. The standard InChI is InChI=1S/C11H10Cl2O2/c12-8-2-1-3-10(11(8)13)15-6-9(14)7-4-5-7/h1-3,7H,4-6H2. The fourth-order valence-corrected chi connectivity index (χ4v) is 1.61. The molecule has 2 nitrogen and oxygen atoms in total. The van der Waals surface area contributed by atoms with Gasteiger partial charge in [0.15, 0.2) is 5.78 Å². The topological polar surface area (TPSA) is 26.3 Å². The van der Waals surface area contributed by atoms with Crippen LogP contribution >= 0.6 is 23.2 Å². The lowest BCUT2D eigenvalue weighted by Crippen LogP contribution is -2.12. The lowest BCUT2D eigenvalue weighted by molar-refractivity contribution is -0.122. The zero-order valence-corrected chi connectivity index (χ0v) is 9.52. The van der Waals surface area contributed by atoms with E-state index in [-0.39, 0.29) is 18.3 Å². The van der Waals surface area contributed by atoms with Crippen molar-refractivity contribution in [2.75, 3.05) is 6.61 Å². The third-order valence-corrected chi connectivity index (χ3v) is 3.12. The highest BCUT2D eigenvalue weighted by Crippen LogP contribution is 2.33. The molecule has 1 aliphatic carbocycles. The predicted octanol–water partition coefficient (Wildman–Crippen LogP) is 3.35. The summed E-state index contributed by atoms with van der Waals surface area (Å²) in [5.74, 6) is 0.826. The molecule has 0 heterocycles. The molecular formula is C11H10Cl2O2. The van der Waals surface area contributed by atoms with Gasteiger partial charge in [0.1, 0.15) is 17.4 Å². The van der Waals surface area contributed by atoms with Crippen LogP contribution in [0, 0.1) is 5.92 Å². The molecule has 1 saturated carbocycles. The number of rotatable bonds is 4. The van der Waals surface area contributed by atoms with Gasteiger partial charge in [0.2, 0.25) is 0 Å². The molecule has 0 bridgehead atoms. The average molecular weight is 245 g/mol. The highest BCUT2D eigenvalue weighted by Gasteiger charge is 2.29. The van der Waals surface area contributed by atoms with Crippen LogP contribution in [0.25, 0.3) is 0 Å². The number of halogens is 2. The summed E-state index contributed by atoms with van der Waals surface area (Å²) in [5, 5.41) is 0.802. The van der Waals surface area contributed by atoms with Crippen LogP contribution in [0.15, 0.2) is 18.2 Å². The minimum absolute atomic E-state index is 0.0880. The second kappa shape index (κ2) is 4.42. The summed E-state index contributed by atoms with van der Waals surface area (Å²) in [4.78, 5) is 11.4. The number of Topliss-reactive ketones (excluding diaryl/α,β-unsaturated/α-hetero) is 1. The van der Waals surface area contributed by atoms with Crippen LogP contribution in [-0.4, -0.2) is 12.4 Å². The van der Waals surface area contributed by atoms with Crippen molar-refractivity contribution in [2.24, 2.45) is 5.92 Å². The molecule has 0 amide bonds. The maximum atomic E-state index is 11.4. The first-order valence-corrected chi connectivity index (χ1v) is 5.53. The summed E-state index contributed by atoms with van der Waals surface area (Å²) in [6, 6.07) is 5.12. The Labute approximate surface area is 98.1 Å². The lowest BCUT2D eigenvalue weighted by Gasteiger charge is -2.07. The van der Waals surface area contributed by atoms with Crippen LogP contribution in [0.1, 0.15) is 12.8 Å². The summed E-state index contributed by atoms with van der Waals surface area (Å²) in [6.45, 7) is 0.0880. The molecule has 0 saturated heterocycles. The molecule has 0 aliphatic heterocycles. The number of hydrogen-bond acceptors (Lipinski definition) is 2. The highest BCUT2D eigenvalue weighted by atomic mass is 35.5. The van der Waals surface area contributed by atoms with Crippen molar-refractivity contribution in [3.63, 3.8) is 0 Å². The maximum absolute atomic E-state index is 11.4. The molecule has 0 spiro atoms. The minimum atomic E-state index is 0.0880. The number of carbonyl (C=O) groups excluding carboxylic acids is 1. The van der Waals surface area contributed by atoms with E-state index < -0.39 is 0 Å². The maximum Gasteiger partial charge on any atom is 0.173 e. The Balaban J connectivity index is 1.98. The fraction of sp³-hybridized carbons (Fsp3) is 0.364. The van der Waals surface area contributed by atoms with E-state index in [4.69, 9.17) is 27.9 Å². The van der Waals surface area contributed by atoms with Crippen LogP contribution in [0.3, 0.4) is 0 Å². The molecule has 15 heavy (non-hydrogen) atoms. The predicted molar refractivity (Wildman–Crippen MR) is 59.7 cm³/mol. The molecule has 0 aromatic heterocycles. The van der Waals surface area contributed by atoms with Gasteiger partial charge in [-0.2, -0.15) is 0 Å². The highest BCUT2D eigenvalue weighted by molar-refractivity contribution is 6.42. The number of carbonyl (C=O) groups is 1.